The normalized spacial score (nSPS) is 12.0. The van der Waals surface area contributed by atoms with Gasteiger partial charge in [-0.3, -0.25) is 9.59 Å². The average molecular weight is 275 g/mol. The van der Waals surface area contributed by atoms with Crippen LogP contribution in [0.15, 0.2) is 12.1 Å². The van der Waals surface area contributed by atoms with Crippen LogP contribution in [0.5, 0.6) is 0 Å². The Morgan fingerprint density at radius 2 is 1.89 bits per heavy atom. The number of carboxylic acids is 1. The van der Waals surface area contributed by atoms with Crippen LogP contribution in [-0.2, 0) is 9.59 Å². The lowest BCUT2D eigenvalue weighted by atomic mass is 10.0. The highest BCUT2D eigenvalue weighted by Gasteiger charge is 2.16. The molecule has 0 aliphatic rings. The van der Waals surface area contributed by atoms with Crippen molar-refractivity contribution in [2.45, 2.75) is 19.8 Å². The number of hydrogen-bond acceptors (Lipinski definition) is 2. The molecule has 0 saturated carbocycles. The maximum atomic E-state index is 13.2. The average Bonchev–Trinajstić information content (AvgIpc) is 2.23. The maximum Gasteiger partial charge on any atom is 0.303 e. The van der Waals surface area contributed by atoms with Crippen molar-refractivity contribution in [1.82, 2.24) is 0 Å². The predicted octanol–water partition coefficient (Wildman–Crippen LogP) is 2.54. The maximum absolute atomic E-state index is 13.2. The van der Waals surface area contributed by atoms with E-state index in [1.54, 1.807) is 0 Å². The van der Waals surface area contributed by atoms with E-state index in [4.69, 9.17) is 5.11 Å². The Morgan fingerprint density at radius 1 is 1.26 bits per heavy atom. The van der Waals surface area contributed by atoms with Gasteiger partial charge < -0.3 is 10.4 Å². The smallest absolute Gasteiger partial charge is 0.303 e. The molecule has 1 aromatic carbocycles. The molecule has 0 fully saturated rings. The molecule has 1 unspecified atom stereocenters. The van der Waals surface area contributed by atoms with Gasteiger partial charge in [-0.2, -0.15) is 0 Å². The van der Waals surface area contributed by atoms with Gasteiger partial charge in [0, 0.05) is 25.0 Å². The molecule has 0 aliphatic carbocycles. The molecule has 0 radical (unpaired) electrons. The van der Waals surface area contributed by atoms with Crippen molar-refractivity contribution < 1.29 is 27.9 Å². The highest BCUT2D eigenvalue weighted by atomic mass is 19.2. The lowest BCUT2D eigenvalue weighted by Gasteiger charge is -2.10. The highest BCUT2D eigenvalue weighted by molar-refractivity contribution is 5.91. The molecule has 7 heteroatoms. The van der Waals surface area contributed by atoms with Crippen LogP contribution >= 0.6 is 0 Å². The third-order valence-electron chi connectivity index (χ3n) is 2.32. The van der Waals surface area contributed by atoms with Crippen molar-refractivity contribution in [1.29, 1.82) is 0 Å². The number of carbonyl (C=O) groups is 2. The van der Waals surface area contributed by atoms with Crippen LogP contribution in [0, 0.1) is 23.4 Å². The number of hydrogen-bond donors (Lipinski definition) is 2. The standard InChI is InChI=1S/C12H12F3NO3/c1-6(3-11(18)19)2-10(17)16-9-5-7(13)4-8(14)12(9)15/h4-6H,2-3H2,1H3,(H,16,17)(H,18,19). The molecule has 1 aromatic rings. The summed E-state index contributed by atoms with van der Waals surface area (Å²) in [4.78, 5) is 21.9. The first-order chi connectivity index (χ1) is 8.79. The van der Waals surface area contributed by atoms with E-state index in [2.05, 4.69) is 0 Å². The number of anilines is 1. The number of halogens is 3. The monoisotopic (exact) mass is 275 g/mol. The number of amides is 1. The van der Waals surface area contributed by atoms with E-state index in [0.29, 0.717) is 12.1 Å². The molecule has 0 aromatic heterocycles. The number of aliphatic carboxylic acids is 1. The molecule has 0 heterocycles. The second-order valence-electron chi connectivity index (χ2n) is 4.20. The molecular formula is C12H12F3NO3. The van der Waals surface area contributed by atoms with Crippen molar-refractivity contribution in [3.05, 3.63) is 29.6 Å². The lowest BCUT2D eigenvalue weighted by molar-refractivity contribution is -0.138. The summed E-state index contributed by atoms with van der Waals surface area (Å²) in [5.41, 5.74) is -0.606. The quantitative estimate of drug-likeness (QED) is 0.811. The van der Waals surface area contributed by atoms with E-state index in [0.717, 1.165) is 0 Å². The summed E-state index contributed by atoms with van der Waals surface area (Å²) in [6.45, 7) is 1.52. The number of carbonyl (C=O) groups excluding carboxylic acids is 1. The first kappa shape index (κ1) is 15.0. The van der Waals surface area contributed by atoms with Gasteiger partial charge >= 0.3 is 5.97 Å². The van der Waals surface area contributed by atoms with E-state index in [9.17, 15) is 22.8 Å². The highest BCUT2D eigenvalue weighted by Crippen LogP contribution is 2.20. The molecule has 1 rings (SSSR count). The fourth-order valence-corrected chi connectivity index (χ4v) is 1.53. The minimum absolute atomic E-state index is 0.191. The molecule has 19 heavy (non-hydrogen) atoms. The van der Waals surface area contributed by atoms with Crippen molar-refractivity contribution >= 4 is 17.6 Å². The Labute approximate surface area is 107 Å². The number of carboxylic acid groups (broad SMARTS) is 1. The van der Waals surface area contributed by atoms with Crippen molar-refractivity contribution in [3.8, 4) is 0 Å². The van der Waals surface area contributed by atoms with Crippen LogP contribution in [0.2, 0.25) is 0 Å². The van der Waals surface area contributed by atoms with Crippen LogP contribution in [0.4, 0.5) is 18.9 Å². The summed E-state index contributed by atoms with van der Waals surface area (Å²) < 4.78 is 39.0. The van der Waals surface area contributed by atoms with Gasteiger partial charge in [0.15, 0.2) is 11.6 Å². The van der Waals surface area contributed by atoms with Gasteiger partial charge in [-0.1, -0.05) is 6.92 Å². The summed E-state index contributed by atoms with van der Waals surface area (Å²) in [6, 6.07) is 1.01. The largest absolute Gasteiger partial charge is 0.481 e. The molecule has 1 atom stereocenters. The first-order valence-corrected chi connectivity index (χ1v) is 5.45. The summed E-state index contributed by atoms with van der Waals surface area (Å²) >= 11 is 0. The van der Waals surface area contributed by atoms with Gasteiger partial charge in [0.1, 0.15) is 5.82 Å². The molecule has 0 saturated heterocycles. The fourth-order valence-electron chi connectivity index (χ4n) is 1.53. The van der Waals surface area contributed by atoms with E-state index >= 15 is 0 Å². The fraction of sp³-hybridized carbons (Fsp3) is 0.333. The molecule has 0 bridgehead atoms. The summed E-state index contributed by atoms with van der Waals surface area (Å²) in [5, 5.41) is 10.5. The Hall–Kier alpha value is -2.05. The lowest BCUT2D eigenvalue weighted by Crippen LogP contribution is -2.18. The Bertz CT molecular complexity index is 505. The van der Waals surface area contributed by atoms with Crippen LogP contribution in [0.1, 0.15) is 19.8 Å². The van der Waals surface area contributed by atoms with E-state index in [1.807, 2.05) is 5.32 Å². The van der Waals surface area contributed by atoms with Crippen molar-refractivity contribution in [3.63, 3.8) is 0 Å². The Morgan fingerprint density at radius 3 is 2.47 bits per heavy atom. The molecular weight excluding hydrogens is 263 g/mol. The topological polar surface area (TPSA) is 66.4 Å². The number of rotatable bonds is 5. The third-order valence-corrected chi connectivity index (χ3v) is 2.32. The number of benzene rings is 1. The zero-order valence-corrected chi connectivity index (χ0v) is 10.0. The number of nitrogens with one attached hydrogen (secondary N) is 1. The SMILES string of the molecule is CC(CC(=O)O)CC(=O)Nc1cc(F)cc(F)c1F. The van der Waals surface area contributed by atoms with Crippen LogP contribution in [0.25, 0.3) is 0 Å². The second kappa shape index (κ2) is 6.21. The summed E-state index contributed by atoms with van der Waals surface area (Å²) in [5.74, 6) is -6.04. The molecule has 2 N–H and O–H groups in total. The molecule has 0 aliphatic heterocycles. The van der Waals surface area contributed by atoms with Gasteiger partial charge in [0.2, 0.25) is 5.91 Å². The first-order valence-electron chi connectivity index (χ1n) is 5.45. The Kier molecular flexibility index (Phi) is 4.91. The zero-order chi connectivity index (χ0) is 14.6. The van der Waals surface area contributed by atoms with E-state index in [1.165, 1.54) is 6.92 Å². The van der Waals surface area contributed by atoms with Crippen LogP contribution in [0.3, 0.4) is 0 Å². The van der Waals surface area contributed by atoms with Crippen molar-refractivity contribution in [2.75, 3.05) is 5.32 Å². The Balaban J connectivity index is 2.70. The molecule has 0 spiro atoms. The van der Waals surface area contributed by atoms with E-state index in [-0.39, 0.29) is 12.8 Å². The summed E-state index contributed by atoms with van der Waals surface area (Å²) in [6.07, 6.45) is -0.419. The van der Waals surface area contributed by atoms with Gasteiger partial charge in [0.05, 0.1) is 5.69 Å². The summed E-state index contributed by atoms with van der Waals surface area (Å²) in [7, 11) is 0. The van der Waals surface area contributed by atoms with Gasteiger partial charge in [-0.15, -0.1) is 0 Å². The van der Waals surface area contributed by atoms with Crippen LogP contribution < -0.4 is 5.32 Å². The van der Waals surface area contributed by atoms with Crippen LogP contribution in [-0.4, -0.2) is 17.0 Å². The predicted molar refractivity (Wildman–Crippen MR) is 61.0 cm³/mol. The molecule has 104 valence electrons. The minimum Gasteiger partial charge on any atom is -0.481 e. The molecule has 4 nitrogen and oxygen atoms in total. The zero-order valence-electron chi connectivity index (χ0n) is 10.0. The van der Waals surface area contributed by atoms with Gasteiger partial charge in [-0.25, -0.2) is 13.2 Å². The van der Waals surface area contributed by atoms with E-state index < -0.39 is 40.9 Å². The van der Waals surface area contributed by atoms with Gasteiger partial charge in [-0.05, 0) is 5.92 Å². The minimum atomic E-state index is -1.41. The molecule has 1 amide bonds. The second-order valence-corrected chi connectivity index (χ2v) is 4.20. The third kappa shape index (κ3) is 4.61. The van der Waals surface area contributed by atoms with Gasteiger partial charge in [0.25, 0.3) is 0 Å². The van der Waals surface area contributed by atoms with Crippen molar-refractivity contribution in [2.24, 2.45) is 5.92 Å².